The highest BCUT2D eigenvalue weighted by molar-refractivity contribution is 5.11. The molecule has 0 bridgehead atoms. The van der Waals surface area contributed by atoms with E-state index in [1.165, 1.54) is 31.4 Å². The monoisotopic (exact) mass is 263 g/mol. The van der Waals surface area contributed by atoms with Crippen molar-refractivity contribution >= 4 is 0 Å². The maximum Gasteiger partial charge on any atom is 0.138 e. The Labute approximate surface area is 115 Å². The molecule has 0 saturated heterocycles. The molecule has 2 atom stereocenters. The Bertz CT molecular complexity index is 427. The van der Waals surface area contributed by atoms with E-state index in [0.29, 0.717) is 5.92 Å². The van der Waals surface area contributed by atoms with Crippen LogP contribution in [-0.4, -0.2) is 23.1 Å². The number of hydrogen-bond acceptors (Lipinski definition) is 3. The fourth-order valence-corrected chi connectivity index (χ4v) is 3.22. The van der Waals surface area contributed by atoms with Gasteiger partial charge in [0.15, 0.2) is 0 Å². The topological polar surface area (TPSA) is 49.9 Å². The van der Waals surface area contributed by atoms with E-state index in [4.69, 9.17) is 4.74 Å². The molecule has 3 rings (SSSR count). The number of aromatic nitrogens is 2. The van der Waals surface area contributed by atoms with Crippen LogP contribution in [0, 0.1) is 5.92 Å². The molecule has 2 N–H and O–H groups in total. The van der Waals surface area contributed by atoms with Gasteiger partial charge >= 0.3 is 0 Å². The Kier molecular flexibility index (Phi) is 3.63. The minimum Gasteiger partial charge on any atom is -0.370 e. The van der Waals surface area contributed by atoms with Gasteiger partial charge in [0.05, 0.1) is 0 Å². The molecule has 0 amide bonds. The fourth-order valence-electron chi connectivity index (χ4n) is 3.22. The summed E-state index contributed by atoms with van der Waals surface area (Å²) in [5.74, 6) is 1.74. The Hall–Kier alpha value is -0.870. The molecule has 0 aliphatic heterocycles. The van der Waals surface area contributed by atoms with Crippen LogP contribution in [0.4, 0.5) is 0 Å². The Morgan fingerprint density at radius 2 is 2.32 bits per heavy atom. The van der Waals surface area contributed by atoms with Crippen LogP contribution in [-0.2, 0) is 16.9 Å². The van der Waals surface area contributed by atoms with Crippen molar-refractivity contribution in [3.05, 3.63) is 17.7 Å². The first-order chi connectivity index (χ1) is 9.22. The van der Waals surface area contributed by atoms with E-state index in [-0.39, 0.29) is 5.60 Å². The zero-order chi connectivity index (χ0) is 13.3. The lowest BCUT2D eigenvalue weighted by Crippen LogP contribution is -2.35. The summed E-state index contributed by atoms with van der Waals surface area (Å²) >= 11 is 0. The molecule has 2 fully saturated rings. The molecule has 106 valence electrons. The molecule has 0 spiro atoms. The summed E-state index contributed by atoms with van der Waals surface area (Å²) in [5, 5.41) is 3.52. The van der Waals surface area contributed by atoms with Gasteiger partial charge in [0.2, 0.25) is 0 Å². The Morgan fingerprint density at radius 3 is 3.00 bits per heavy atom. The van der Waals surface area contributed by atoms with Crippen molar-refractivity contribution in [3.63, 3.8) is 0 Å². The lowest BCUT2D eigenvalue weighted by molar-refractivity contribution is -0.0641. The van der Waals surface area contributed by atoms with Gasteiger partial charge < -0.3 is 15.0 Å². The van der Waals surface area contributed by atoms with Crippen molar-refractivity contribution < 1.29 is 4.74 Å². The fraction of sp³-hybridized carbons (Fsp3) is 0.800. The molecule has 1 aromatic rings. The van der Waals surface area contributed by atoms with E-state index < -0.39 is 0 Å². The van der Waals surface area contributed by atoms with Crippen LogP contribution in [0.2, 0.25) is 0 Å². The molecule has 4 heteroatoms. The standard InChI is InChI=1S/C15H25N3O/c1-11-4-3-7-15(8-11,19-2)14-17-10-13(18-14)9-16-12-5-6-12/h10-12,16H,3-9H2,1-2H3,(H,17,18). The first-order valence-electron chi connectivity index (χ1n) is 7.55. The third-order valence-corrected chi connectivity index (χ3v) is 4.57. The van der Waals surface area contributed by atoms with Crippen molar-refractivity contribution in [1.82, 2.24) is 15.3 Å². The maximum absolute atomic E-state index is 5.87. The summed E-state index contributed by atoms with van der Waals surface area (Å²) < 4.78 is 5.87. The number of H-pyrrole nitrogens is 1. The Morgan fingerprint density at radius 1 is 1.47 bits per heavy atom. The van der Waals surface area contributed by atoms with Crippen LogP contribution in [0.25, 0.3) is 0 Å². The lowest BCUT2D eigenvalue weighted by atomic mass is 9.78. The van der Waals surface area contributed by atoms with E-state index in [2.05, 4.69) is 22.2 Å². The number of methoxy groups -OCH3 is 1. The largest absolute Gasteiger partial charge is 0.370 e. The average Bonchev–Trinajstić information content (AvgIpc) is 3.13. The Balaban J connectivity index is 1.71. The maximum atomic E-state index is 5.87. The van der Waals surface area contributed by atoms with Gasteiger partial charge in [0.25, 0.3) is 0 Å². The molecule has 19 heavy (non-hydrogen) atoms. The van der Waals surface area contributed by atoms with Crippen LogP contribution in [0.1, 0.15) is 57.0 Å². The minimum absolute atomic E-state index is 0.185. The van der Waals surface area contributed by atoms with Crippen molar-refractivity contribution in [1.29, 1.82) is 0 Å². The second kappa shape index (κ2) is 5.25. The average molecular weight is 263 g/mol. The van der Waals surface area contributed by atoms with E-state index >= 15 is 0 Å². The minimum atomic E-state index is -0.185. The lowest BCUT2D eigenvalue weighted by Gasteiger charge is -2.37. The molecule has 0 radical (unpaired) electrons. The first kappa shape index (κ1) is 13.1. The summed E-state index contributed by atoms with van der Waals surface area (Å²) in [4.78, 5) is 8.07. The number of imidazole rings is 1. The molecule has 2 unspecified atom stereocenters. The van der Waals surface area contributed by atoms with Gasteiger partial charge in [-0.2, -0.15) is 0 Å². The zero-order valence-electron chi connectivity index (χ0n) is 12.0. The number of rotatable bonds is 5. The molecular formula is C15H25N3O. The molecule has 4 nitrogen and oxygen atoms in total. The number of nitrogens with zero attached hydrogens (tertiary/aromatic N) is 1. The van der Waals surface area contributed by atoms with Crippen molar-refractivity contribution in [2.24, 2.45) is 5.92 Å². The zero-order valence-corrected chi connectivity index (χ0v) is 12.0. The van der Waals surface area contributed by atoms with Crippen molar-refractivity contribution in [2.75, 3.05) is 7.11 Å². The molecular weight excluding hydrogens is 238 g/mol. The number of hydrogen-bond donors (Lipinski definition) is 2. The third kappa shape index (κ3) is 2.84. The molecule has 2 saturated carbocycles. The van der Waals surface area contributed by atoms with Gasteiger partial charge in [-0.1, -0.05) is 13.3 Å². The smallest absolute Gasteiger partial charge is 0.138 e. The van der Waals surface area contributed by atoms with Crippen molar-refractivity contribution in [2.45, 2.75) is 63.6 Å². The van der Waals surface area contributed by atoms with Gasteiger partial charge in [-0.15, -0.1) is 0 Å². The van der Waals surface area contributed by atoms with Gasteiger partial charge in [-0.05, 0) is 38.0 Å². The van der Waals surface area contributed by atoms with E-state index in [9.17, 15) is 0 Å². The number of nitrogens with one attached hydrogen (secondary N) is 2. The quantitative estimate of drug-likeness (QED) is 0.858. The van der Waals surface area contributed by atoms with E-state index in [1.807, 2.05) is 13.3 Å². The summed E-state index contributed by atoms with van der Waals surface area (Å²) in [6, 6.07) is 0.734. The van der Waals surface area contributed by atoms with Gasteiger partial charge in [-0.3, -0.25) is 0 Å². The van der Waals surface area contributed by atoms with Gasteiger partial charge in [-0.25, -0.2) is 4.98 Å². The highest BCUT2D eigenvalue weighted by atomic mass is 16.5. The second-order valence-electron chi connectivity index (χ2n) is 6.31. The molecule has 1 aromatic heterocycles. The molecule has 0 aromatic carbocycles. The molecule has 1 heterocycles. The predicted octanol–water partition coefficient (Wildman–Crippen LogP) is 2.71. The number of aromatic amines is 1. The highest BCUT2D eigenvalue weighted by Crippen LogP contribution is 2.41. The van der Waals surface area contributed by atoms with Crippen LogP contribution in [0.5, 0.6) is 0 Å². The van der Waals surface area contributed by atoms with Crippen LogP contribution in [0.3, 0.4) is 0 Å². The SMILES string of the molecule is COC1(c2ncc(CNC3CC3)[nH]2)CCCC(C)C1. The number of ether oxygens (including phenoxy) is 1. The molecule has 2 aliphatic rings. The third-order valence-electron chi connectivity index (χ3n) is 4.57. The van der Waals surface area contributed by atoms with E-state index in [0.717, 1.165) is 31.3 Å². The van der Waals surface area contributed by atoms with Crippen LogP contribution >= 0.6 is 0 Å². The first-order valence-corrected chi connectivity index (χ1v) is 7.55. The van der Waals surface area contributed by atoms with Gasteiger partial charge in [0.1, 0.15) is 11.4 Å². The molecule has 2 aliphatic carbocycles. The van der Waals surface area contributed by atoms with E-state index in [1.54, 1.807) is 0 Å². The second-order valence-corrected chi connectivity index (χ2v) is 6.31. The summed E-state index contributed by atoms with van der Waals surface area (Å²) in [7, 11) is 1.82. The van der Waals surface area contributed by atoms with Crippen molar-refractivity contribution in [3.8, 4) is 0 Å². The summed E-state index contributed by atoms with van der Waals surface area (Å²) in [6.07, 6.45) is 9.29. The predicted molar refractivity (Wildman–Crippen MR) is 74.8 cm³/mol. The highest BCUT2D eigenvalue weighted by Gasteiger charge is 2.39. The normalized spacial score (nSPS) is 31.6. The summed E-state index contributed by atoms with van der Waals surface area (Å²) in [5.41, 5.74) is 0.992. The van der Waals surface area contributed by atoms with Crippen LogP contribution in [0.15, 0.2) is 6.20 Å². The van der Waals surface area contributed by atoms with Gasteiger partial charge in [0, 0.05) is 31.6 Å². The summed E-state index contributed by atoms with van der Waals surface area (Å²) in [6.45, 7) is 3.21. The van der Waals surface area contributed by atoms with Crippen LogP contribution < -0.4 is 5.32 Å².